The minimum atomic E-state index is -2.23. The molecule has 1 aromatic rings. The third-order valence-electron chi connectivity index (χ3n) is 1.49. The minimum absolute atomic E-state index is 0.132. The summed E-state index contributed by atoms with van der Waals surface area (Å²) in [6, 6.07) is 4.22. The van der Waals surface area contributed by atoms with Crippen LogP contribution in [-0.4, -0.2) is 13.7 Å². The zero-order valence-electron chi connectivity index (χ0n) is 6.81. The van der Waals surface area contributed by atoms with Gasteiger partial charge in [-0.2, -0.15) is 0 Å². The second kappa shape index (κ2) is 4.63. The van der Waals surface area contributed by atoms with E-state index >= 15 is 0 Å². The zero-order valence-corrected chi connectivity index (χ0v) is 9.21. The second-order valence-electron chi connectivity index (χ2n) is 2.49. The van der Waals surface area contributed by atoms with E-state index in [1.807, 2.05) is 0 Å². The normalized spacial score (nSPS) is 12.4. The molecule has 0 radical (unpaired) electrons. The Bertz CT molecular complexity index is 395. The van der Waals surface area contributed by atoms with Gasteiger partial charge in [0, 0.05) is 11.8 Å². The zero-order chi connectivity index (χ0) is 10.7. The summed E-state index contributed by atoms with van der Waals surface area (Å²) in [5.74, 6) is -0.214. The standard InChI is InChI=1S/C7H6BrNO4S/c8-6-2-1-5(4-14(12)13)3-7(6)9(10)11/h1-3H,4H2,(H,12,13)/p-1. The molecule has 1 rings (SSSR count). The number of rotatable bonds is 3. The summed E-state index contributed by atoms with van der Waals surface area (Å²) in [5.41, 5.74) is 0.265. The molecule has 0 fully saturated rings. The van der Waals surface area contributed by atoms with Crippen LogP contribution in [0.4, 0.5) is 5.69 Å². The van der Waals surface area contributed by atoms with E-state index in [4.69, 9.17) is 0 Å². The number of nitro benzene ring substituents is 1. The molecule has 7 heteroatoms. The van der Waals surface area contributed by atoms with E-state index in [2.05, 4.69) is 15.9 Å². The van der Waals surface area contributed by atoms with E-state index in [0.717, 1.165) is 0 Å². The molecule has 0 saturated carbocycles. The number of benzene rings is 1. The molecule has 76 valence electrons. The molecule has 14 heavy (non-hydrogen) atoms. The highest BCUT2D eigenvalue weighted by molar-refractivity contribution is 9.10. The predicted octanol–water partition coefficient (Wildman–Crippen LogP) is 1.74. The van der Waals surface area contributed by atoms with Gasteiger partial charge in [-0.25, -0.2) is 0 Å². The fraction of sp³-hybridized carbons (Fsp3) is 0.143. The SMILES string of the molecule is O=[N+]([O-])c1cc(CS(=O)[O-])ccc1Br. The van der Waals surface area contributed by atoms with Gasteiger partial charge in [0.05, 0.1) is 9.40 Å². The molecule has 0 heterocycles. The summed E-state index contributed by atoms with van der Waals surface area (Å²) in [4.78, 5) is 9.91. The Balaban J connectivity index is 3.06. The highest BCUT2D eigenvalue weighted by Gasteiger charge is 2.11. The minimum Gasteiger partial charge on any atom is -0.772 e. The summed E-state index contributed by atoms with van der Waals surface area (Å²) in [5, 5.41) is 10.5. The molecule has 1 atom stereocenters. The number of hydrogen-bond donors (Lipinski definition) is 0. The van der Waals surface area contributed by atoms with E-state index in [1.165, 1.54) is 18.2 Å². The lowest BCUT2D eigenvalue weighted by Crippen LogP contribution is -1.96. The summed E-state index contributed by atoms with van der Waals surface area (Å²) in [6.45, 7) is 0. The Morgan fingerprint density at radius 1 is 1.50 bits per heavy atom. The van der Waals surface area contributed by atoms with Gasteiger partial charge in [-0.05, 0) is 27.6 Å². The van der Waals surface area contributed by atoms with Crippen LogP contribution in [0.5, 0.6) is 0 Å². The lowest BCUT2D eigenvalue weighted by molar-refractivity contribution is -0.385. The maximum Gasteiger partial charge on any atom is 0.283 e. The molecule has 0 bridgehead atoms. The van der Waals surface area contributed by atoms with E-state index in [0.29, 0.717) is 10.0 Å². The third kappa shape index (κ3) is 2.86. The van der Waals surface area contributed by atoms with Crippen LogP contribution in [0.15, 0.2) is 22.7 Å². The third-order valence-corrected chi connectivity index (χ3v) is 2.73. The van der Waals surface area contributed by atoms with Crippen molar-refractivity contribution in [2.75, 3.05) is 0 Å². The van der Waals surface area contributed by atoms with Crippen molar-refractivity contribution in [3.63, 3.8) is 0 Å². The average molecular weight is 279 g/mol. The lowest BCUT2D eigenvalue weighted by Gasteiger charge is -2.04. The molecule has 0 spiro atoms. The fourth-order valence-corrected chi connectivity index (χ4v) is 1.77. The first-order valence-corrected chi connectivity index (χ1v) is 5.53. The van der Waals surface area contributed by atoms with Gasteiger partial charge < -0.3 is 4.55 Å². The van der Waals surface area contributed by atoms with Crippen LogP contribution in [0.25, 0.3) is 0 Å². The van der Waals surface area contributed by atoms with Crippen LogP contribution in [0, 0.1) is 10.1 Å². The van der Waals surface area contributed by atoms with E-state index in [1.54, 1.807) is 0 Å². The van der Waals surface area contributed by atoms with Gasteiger partial charge in [-0.15, -0.1) is 0 Å². The lowest BCUT2D eigenvalue weighted by atomic mass is 10.2. The molecule has 0 aliphatic rings. The number of hydrogen-bond acceptors (Lipinski definition) is 4. The monoisotopic (exact) mass is 278 g/mol. The molecular weight excluding hydrogens is 274 g/mol. The molecule has 5 nitrogen and oxygen atoms in total. The van der Waals surface area contributed by atoms with Gasteiger partial charge in [0.15, 0.2) is 0 Å². The van der Waals surface area contributed by atoms with Gasteiger partial charge in [-0.3, -0.25) is 14.3 Å². The highest BCUT2D eigenvalue weighted by Crippen LogP contribution is 2.25. The largest absolute Gasteiger partial charge is 0.772 e. The molecule has 0 aliphatic carbocycles. The van der Waals surface area contributed by atoms with Gasteiger partial charge in [0.25, 0.3) is 5.69 Å². The van der Waals surface area contributed by atoms with E-state index < -0.39 is 16.0 Å². The van der Waals surface area contributed by atoms with Gasteiger partial charge in [-0.1, -0.05) is 17.1 Å². The maximum atomic E-state index is 10.5. The summed E-state index contributed by atoms with van der Waals surface area (Å²) in [7, 11) is 0. The Labute approximate surface area is 90.7 Å². The Hall–Kier alpha value is -0.790. The first kappa shape index (κ1) is 11.3. The maximum absolute atomic E-state index is 10.5. The first-order chi connectivity index (χ1) is 6.50. The van der Waals surface area contributed by atoms with Crippen molar-refractivity contribution in [2.24, 2.45) is 0 Å². The molecular formula is C7H5BrNO4S-. The highest BCUT2D eigenvalue weighted by atomic mass is 79.9. The van der Waals surface area contributed by atoms with Crippen molar-refractivity contribution < 1.29 is 13.7 Å². The number of nitro groups is 1. The van der Waals surface area contributed by atoms with Crippen molar-refractivity contribution in [2.45, 2.75) is 5.75 Å². The summed E-state index contributed by atoms with van der Waals surface area (Å²) < 4.78 is 21.0. The second-order valence-corrected chi connectivity index (χ2v) is 4.24. The first-order valence-electron chi connectivity index (χ1n) is 3.49. The Kier molecular flexibility index (Phi) is 3.73. The molecule has 0 aromatic heterocycles. The molecule has 0 aliphatic heterocycles. The fourth-order valence-electron chi connectivity index (χ4n) is 0.924. The predicted molar refractivity (Wildman–Crippen MR) is 53.4 cm³/mol. The van der Waals surface area contributed by atoms with Crippen LogP contribution in [-0.2, 0) is 16.8 Å². The van der Waals surface area contributed by atoms with Gasteiger partial charge >= 0.3 is 0 Å². The van der Waals surface area contributed by atoms with E-state index in [-0.39, 0.29) is 11.4 Å². The summed E-state index contributed by atoms with van der Waals surface area (Å²) >= 11 is 0.769. The van der Waals surface area contributed by atoms with Crippen LogP contribution >= 0.6 is 15.9 Å². The van der Waals surface area contributed by atoms with Crippen molar-refractivity contribution in [1.29, 1.82) is 0 Å². The van der Waals surface area contributed by atoms with E-state index in [9.17, 15) is 18.9 Å². The molecule has 0 saturated heterocycles. The van der Waals surface area contributed by atoms with Gasteiger partial charge in [0.2, 0.25) is 0 Å². The van der Waals surface area contributed by atoms with Crippen molar-refractivity contribution >= 4 is 32.7 Å². The number of halogens is 1. The van der Waals surface area contributed by atoms with Crippen LogP contribution in [0.2, 0.25) is 0 Å². The molecule has 1 unspecified atom stereocenters. The molecule has 0 N–H and O–H groups in total. The van der Waals surface area contributed by atoms with Crippen molar-refractivity contribution in [3.05, 3.63) is 38.3 Å². The van der Waals surface area contributed by atoms with Crippen molar-refractivity contribution in [1.82, 2.24) is 0 Å². The molecule has 0 amide bonds. The van der Waals surface area contributed by atoms with Crippen molar-refractivity contribution in [3.8, 4) is 0 Å². The Morgan fingerprint density at radius 3 is 2.64 bits per heavy atom. The average Bonchev–Trinajstić information content (AvgIpc) is 2.07. The topological polar surface area (TPSA) is 83.3 Å². The quantitative estimate of drug-likeness (QED) is 0.479. The smallest absolute Gasteiger partial charge is 0.283 e. The van der Waals surface area contributed by atoms with Crippen LogP contribution in [0.1, 0.15) is 5.56 Å². The van der Waals surface area contributed by atoms with Crippen LogP contribution in [0.3, 0.4) is 0 Å². The Morgan fingerprint density at radius 2 is 2.14 bits per heavy atom. The summed E-state index contributed by atoms with van der Waals surface area (Å²) in [6.07, 6.45) is 0. The molecule has 1 aromatic carbocycles. The van der Waals surface area contributed by atoms with Gasteiger partial charge in [0.1, 0.15) is 0 Å². The van der Waals surface area contributed by atoms with Crippen LogP contribution < -0.4 is 0 Å². The number of nitrogens with zero attached hydrogens (tertiary/aromatic N) is 1.